The van der Waals surface area contributed by atoms with Crippen molar-refractivity contribution in [3.63, 3.8) is 0 Å². The minimum absolute atomic E-state index is 0.0444. The van der Waals surface area contributed by atoms with Gasteiger partial charge in [0.15, 0.2) is 0 Å². The first-order chi connectivity index (χ1) is 8.98. The zero-order chi connectivity index (χ0) is 13.9. The Hall–Kier alpha value is -1.72. The largest absolute Gasteiger partial charge is 0.418 e. The van der Waals surface area contributed by atoms with Gasteiger partial charge in [-0.3, -0.25) is 4.79 Å². The van der Waals surface area contributed by atoms with Gasteiger partial charge in [0.05, 0.1) is 5.56 Å². The summed E-state index contributed by atoms with van der Waals surface area (Å²) >= 11 is 0. The van der Waals surface area contributed by atoms with Crippen molar-refractivity contribution in [1.29, 1.82) is 0 Å². The van der Waals surface area contributed by atoms with Gasteiger partial charge in [0.2, 0.25) is 5.91 Å². The highest BCUT2D eigenvalue weighted by atomic mass is 19.4. The van der Waals surface area contributed by atoms with Gasteiger partial charge in [-0.05, 0) is 31.4 Å². The molecule has 1 heterocycles. The molecule has 1 aromatic carbocycles. The van der Waals surface area contributed by atoms with E-state index < -0.39 is 17.8 Å². The molecule has 1 aliphatic rings. The molecule has 3 nitrogen and oxygen atoms in total. The molecule has 1 aliphatic heterocycles. The SMILES string of the molecule is O=C1NCCCCC1Nc1ccccc1C(F)(F)F. The quantitative estimate of drug-likeness (QED) is 0.869. The summed E-state index contributed by atoms with van der Waals surface area (Å²) in [5, 5.41) is 5.40. The van der Waals surface area contributed by atoms with Gasteiger partial charge in [-0.2, -0.15) is 13.2 Å². The highest BCUT2D eigenvalue weighted by molar-refractivity contribution is 5.85. The van der Waals surface area contributed by atoms with Crippen LogP contribution < -0.4 is 10.6 Å². The first-order valence-corrected chi connectivity index (χ1v) is 6.19. The Balaban J connectivity index is 2.20. The fourth-order valence-electron chi connectivity index (χ4n) is 2.12. The molecule has 1 aromatic rings. The second-order valence-corrected chi connectivity index (χ2v) is 4.53. The minimum atomic E-state index is -4.43. The van der Waals surface area contributed by atoms with Gasteiger partial charge in [0, 0.05) is 12.2 Å². The first kappa shape index (κ1) is 13.7. The Bertz CT molecular complexity index is 459. The monoisotopic (exact) mass is 272 g/mol. The highest BCUT2D eigenvalue weighted by Gasteiger charge is 2.34. The Morgan fingerprint density at radius 3 is 2.68 bits per heavy atom. The molecule has 19 heavy (non-hydrogen) atoms. The van der Waals surface area contributed by atoms with Gasteiger partial charge in [-0.15, -0.1) is 0 Å². The third-order valence-electron chi connectivity index (χ3n) is 3.10. The molecular formula is C13H15F3N2O. The summed E-state index contributed by atoms with van der Waals surface area (Å²) in [6.07, 6.45) is -2.22. The molecule has 1 fully saturated rings. The first-order valence-electron chi connectivity index (χ1n) is 6.19. The summed E-state index contributed by atoms with van der Waals surface area (Å²) in [5.74, 6) is -0.241. The standard InChI is InChI=1S/C13H15F3N2O/c14-13(15,16)9-5-1-2-6-10(9)18-11-7-3-4-8-17-12(11)19/h1-2,5-6,11,18H,3-4,7-8H2,(H,17,19). The van der Waals surface area contributed by atoms with Gasteiger partial charge in [-0.1, -0.05) is 12.1 Å². The van der Waals surface area contributed by atoms with Gasteiger partial charge >= 0.3 is 6.18 Å². The number of benzene rings is 1. The van der Waals surface area contributed by atoms with Crippen LogP contribution in [0.3, 0.4) is 0 Å². The molecule has 6 heteroatoms. The fraction of sp³-hybridized carbons (Fsp3) is 0.462. The van der Waals surface area contributed by atoms with Crippen molar-refractivity contribution in [3.05, 3.63) is 29.8 Å². The van der Waals surface area contributed by atoms with E-state index in [1.165, 1.54) is 18.2 Å². The zero-order valence-corrected chi connectivity index (χ0v) is 10.3. The maximum Gasteiger partial charge on any atom is 0.418 e. The number of hydrogen-bond acceptors (Lipinski definition) is 2. The number of halogens is 3. The van der Waals surface area contributed by atoms with Crippen molar-refractivity contribution in [1.82, 2.24) is 5.32 Å². The lowest BCUT2D eigenvalue weighted by molar-refractivity contribution is -0.137. The molecule has 0 radical (unpaired) electrons. The lowest BCUT2D eigenvalue weighted by Gasteiger charge is -2.20. The Kier molecular flexibility index (Phi) is 3.97. The topological polar surface area (TPSA) is 41.1 Å². The maximum atomic E-state index is 12.8. The van der Waals surface area contributed by atoms with Crippen molar-refractivity contribution in [3.8, 4) is 0 Å². The lowest BCUT2D eigenvalue weighted by atomic mass is 10.1. The Labute approximate surface area is 109 Å². The van der Waals surface area contributed by atoms with E-state index in [1.807, 2.05) is 0 Å². The number of amides is 1. The van der Waals surface area contributed by atoms with Crippen LogP contribution in [0, 0.1) is 0 Å². The Morgan fingerprint density at radius 1 is 1.21 bits per heavy atom. The number of anilines is 1. The van der Waals surface area contributed by atoms with E-state index in [1.54, 1.807) is 0 Å². The van der Waals surface area contributed by atoms with Crippen LogP contribution in [0.5, 0.6) is 0 Å². The number of nitrogens with one attached hydrogen (secondary N) is 2. The van der Waals surface area contributed by atoms with Crippen LogP contribution in [-0.4, -0.2) is 18.5 Å². The predicted octanol–water partition coefficient (Wildman–Crippen LogP) is 2.79. The van der Waals surface area contributed by atoms with Crippen LogP contribution in [0.4, 0.5) is 18.9 Å². The number of carbonyl (C=O) groups is 1. The molecule has 0 bridgehead atoms. The third-order valence-corrected chi connectivity index (χ3v) is 3.10. The van der Waals surface area contributed by atoms with Crippen molar-refractivity contribution in [2.75, 3.05) is 11.9 Å². The van der Waals surface area contributed by atoms with E-state index in [4.69, 9.17) is 0 Å². The molecule has 1 unspecified atom stereocenters. The van der Waals surface area contributed by atoms with Gasteiger partial charge in [-0.25, -0.2) is 0 Å². The van der Waals surface area contributed by atoms with Crippen LogP contribution in [0.15, 0.2) is 24.3 Å². The Morgan fingerprint density at radius 2 is 1.95 bits per heavy atom. The van der Waals surface area contributed by atoms with E-state index in [0.29, 0.717) is 13.0 Å². The molecule has 1 saturated heterocycles. The van der Waals surface area contributed by atoms with Gasteiger partial charge < -0.3 is 10.6 Å². The van der Waals surface area contributed by atoms with Crippen LogP contribution >= 0.6 is 0 Å². The summed E-state index contributed by atoms with van der Waals surface area (Å²) in [7, 11) is 0. The smallest absolute Gasteiger partial charge is 0.373 e. The van der Waals surface area contributed by atoms with Crippen LogP contribution in [-0.2, 0) is 11.0 Å². The number of hydrogen-bond donors (Lipinski definition) is 2. The van der Waals surface area contributed by atoms with Crippen molar-refractivity contribution in [2.45, 2.75) is 31.5 Å². The molecule has 0 saturated carbocycles. The normalized spacial score (nSPS) is 20.6. The predicted molar refractivity (Wildman–Crippen MR) is 65.7 cm³/mol. The number of rotatable bonds is 2. The number of carbonyl (C=O) groups excluding carboxylic acids is 1. The second kappa shape index (κ2) is 5.50. The lowest BCUT2D eigenvalue weighted by Crippen LogP contribution is -2.38. The zero-order valence-electron chi connectivity index (χ0n) is 10.3. The maximum absolute atomic E-state index is 12.8. The molecule has 2 N–H and O–H groups in total. The minimum Gasteiger partial charge on any atom is -0.373 e. The van der Waals surface area contributed by atoms with E-state index in [2.05, 4.69) is 10.6 Å². The highest BCUT2D eigenvalue weighted by Crippen LogP contribution is 2.35. The average molecular weight is 272 g/mol. The van der Waals surface area contributed by atoms with Crippen LogP contribution in [0.1, 0.15) is 24.8 Å². The van der Waals surface area contributed by atoms with Gasteiger partial charge in [0.25, 0.3) is 0 Å². The molecule has 0 aliphatic carbocycles. The van der Waals surface area contributed by atoms with E-state index >= 15 is 0 Å². The van der Waals surface area contributed by atoms with E-state index in [0.717, 1.165) is 18.9 Å². The third kappa shape index (κ3) is 3.39. The van der Waals surface area contributed by atoms with Crippen LogP contribution in [0.2, 0.25) is 0 Å². The van der Waals surface area contributed by atoms with Crippen LogP contribution in [0.25, 0.3) is 0 Å². The average Bonchev–Trinajstić information content (AvgIpc) is 2.54. The molecular weight excluding hydrogens is 257 g/mol. The second-order valence-electron chi connectivity index (χ2n) is 4.53. The molecule has 1 atom stereocenters. The number of para-hydroxylation sites is 1. The molecule has 0 spiro atoms. The van der Waals surface area contributed by atoms with Gasteiger partial charge in [0.1, 0.15) is 6.04 Å². The molecule has 104 valence electrons. The molecule has 1 amide bonds. The number of alkyl halides is 3. The van der Waals surface area contributed by atoms with Crippen molar-refractivity contribution in [2.24, 2.45) is 0 Å². The molecule has 0 aromatic heterocycles. The fourth-order valence-corrected chi connectivity index (χ4v) is 2.12. The van der Waals surface area contributed by atoms with Crippen molar-refractivity contribution < 1.29 is 18.0 Å². The summed E-state index contributed by atoms with van der Waals surface area (Å²) in [6, 6.07) is 4.61. The van der Waals surface area contributed by atoms with E-state index in [-0.39, 0.29) is 11.6 Å². The van der Waals surface area contributed by atoms with E-state index in [9.17, 15) is 18.0 Å². The summed E-state index contributed by atoms with van der Waals surface area (Å²) in [6.45, 7) is 0.581. The summed E-state index contributed by atoms with van der Waals surface area (Å²) in [4.78, 5) is 11.7. The summed E-state index contributed by atoms with van der Waals surface area (Å²) in [5.41, 5.74) is -0.788. The molecule has 2 rings (SSSR count). The van der Waals surface area contributed by atoms with Crippen molar-refractivity contribution >= 4 is 11.6 Å². The summed E-state index contributed by atoms with van der Waals surface area (Å²) < 4.78 is 38.5.